The van der Waals surface area contributed by atoms with Crippen molar-refractivity contribution in [1.82, 2.24) is 9.88 Å². The Kier molecular flexibility index (Phi) is 4.52. The van der Waals surface area contributed by atoms with Crippen LogP contribution in [0, 0.1) is 18.3 Å². The molecule has 0 atom stereocenters. The minimum atomic E-state index is -0.296. The topological polar surface area (TPSA) is 71.9 Å². The molecule has 22 heavy (non-hydrogen) atoms. The summed E-state index contributed by atoms with van der Waals surface area (Å²) in [4.78, 5) is 17.2. The summed E-state index contributed by atoms with van der Waals surface area (Å²) in [5.74, 6) is -0.296. The second-order valence-electron chi connectivity index (χ2n) is 5.42. The molecule has 2 aromatic rings. The first-order chi connectivity index (χ1) is 10.5. The zero-order valence-corrected chi connectivity index (χ0v) is 13.3. The van der Waals surface area contributed by atoms with Crippen molar-refractivity contribution >= 4 is 22.4 Å². The summed E-state index contributed by atoms with van der Waals surface area (Å²) < 4.78 is 0. The van der Waals surface area contributed by atoms with E-state index in [1.54, 1.807) is 25.1 Å². The average molecular weight is 296 g/mol. The number of anilines is 1. The first kappa shape index (κ1) is 15.6. The second kappa shape index (κ2) is 6.35. The molecule has 5 heteroatoms. The van der Waals surface area contributed by atoms with Gasteiger partial charge in [0.25, 0.3) is 0 Å². The number of fused-ring (bicyclic) bond motifs is 1. The number of hydrogen-bond donors (Lipinski definition) is 2. The van der Waals surface area contributed by atoms with Gasteiger partial charge in [0.2, 0.25) is 5.78 Å². The third-order valence-corrected chi connectivity index (χ3v) is 3.33. The van der Waals surface area contributed by atoms with Crippen LogP contribution in [0.4, 0.5) is 5.69 Å². The van der Waals surface area contributed by atoms with E-state index in [1.807, 2.05) is 32.0 Å². The molecule has 2 rings (SSSR count). The van der Waals surface area contributed by atoms with E-state index in [0.29, 0.717) is 5.69 Å². The van der Waals surface area contributed by atoms with E-state index >= 15 is 0 Å². The summed E-state index contributed by atoms with van der Waals surface area (Å²) in [7, 11) is 3.56. The molecule has 0 aliphatic carbocycles. The zero-order valence-electron chi connectivity index (χ0n) is 13.3. The first-order valence-corrected chi connectivity index (χ1v) is 7.16. The van der Waals surface area contributed by atoms with Crippen molar-refractivity contribution in [2.75, 3.05) is 26.0 Å². The number of H-pyrrole nitrogens is 1. The lowest BCUT2D eigenvalue weighted by atomic mass is 10.1. The number of hydrogen-bond acceptors (Lipinski definition) is 4. The van der Waals surface area contributed by atoms with Gasteiger partial charge in [-0.15, -0.1) is 0 Å². The first-order valence-electron chi connectivity index (χ1n) is 7.16. The van der Waals surface area contributed by atoms with Crippen LogP contribution in [0.2, 0.25) is 0 Å². The predicted molar refractivity (Wildman–Crippen MR) is 88.9 cm³/mol. The van der Waals surface area contributed by atoms with Crippen LogP contribution in [0.5, 0.6) is 0 Å². The number of allylic oxidation sites excluding steroid dienone is 1. The van der Waals surface area contributed by atoms with E-state index in [9.17, 15) is 4.79 Å². The molecule has 0 saturated heterocycles. The number of nitrogens with zero attached hydrogens (tertiary/aromatic N) is 2. The minimum Gasteiger partial charge on any atom is -0.385 e. The monoisotopic (exact) mass is 296 g/mol. The normalized spacial score (nSPS) is 11.3. The molecule has 0 amide bonds. The van der Waals surface area contributed by atoms with Gasteiger partial charge in [-0.3, -0.25) is 4.79 Å². The molecule has 1 aromatic heterocycles. The van der Waals surface area contributed by atoms with Crippen LogP contribution in [0.25, 0.3) is 10.9 Å². The quantitative estimate of drug-likeness (QED) is 0.505. The number of carbonyl (C=O) groups is 1. The van der Waals surface area contributed by atoms with E-state index in [1.165, 1.54) is 6.20 Å². The van der Waals surface area contributed by atoms with Gasteiger partial charge in [0.15, 0.2) is 0 Å². The van der Waals surface area contributed by atoms with Crippen LogP contribution in [0.1, 0.15) is 23.0 Å². The lowest BCUT2D eigenvalue weighted by molar-refractivity contribution is 0.103. The van der Waals surface area contributed by atoms with Crippen molar-refractivity contribution in [2.45, 2.75) is 13.8 Å². The zero-order chi connectivity index (χ0) is 16.3. The molecule has 0 radical (unpaired) electrons. The maximum atomic E-state index is 12.4. The average Bonchev–Trinajstić information content (AvgIpc) is 2.87. The van der Waals surface area contributed by atoms with E-state index in [0.717, 1.165) is 28.7 Å². The Labute approximate surface area is 130 Å². The van der Waals surface area contributed by atoms with Gasteiger partial charge in [0, 0.05) is 43.4 Å². The highest BCUT2D eigenvalue weighted by Gasteiger charge is 2.15. The molecule has 2 N–H and O–H groups in total. The summed E-state index contributed by atoms with van der Waals surface area (Å²) in [6.07, 6.45) is 1.53. The van der Waals surface area contributed by atoms with Crippen LogP contribution < -0.4 is 5.32 Å². The Balaban J connectivity index is 2.45. The highest BCUT2D eigenvalue weighted by atomic mass is 16.1. The molecule has 0 spiro atoms. The molecular weight excluding hydrogens is 276 g/mol. The van der Waals surface area contributed by atoms with Crippen molar-refractivity contribution in [3.8, 4) is 6.07 Å². The summed E-state index contributed by atoms with van der Waals surface area (Å²) in [5, 5.41) is 13.4. The Morgan fingerprint density at radius 3 is 2.73 bits per heavy atom. The number of Topliss-reactive ketones (excluding diaryl/α,β-unsaturated/α-hetero) is 1. The van der Waals surface area contributed by atoms with Crippen molar-refractivity contribution in [1.29, 1.82) is 5.26 Å². The van der Waals surface area contributed by atoms with Crippen molar-refractivity contribution in [2.24, 2.45) is 0 Å². The summed E-state index contributed by atoms with van der Waals surface area (Å²) in [5.41, 5.74) is 3.59. The number of aromatic nitrogens is 1. The lowest BCUT2D eigenvalue weighted by Crippen LogP contribution is -2.09. The Morgan fingerprint density at radius 2 is 2.14 bits per heavy atom. The molecule has 0 unspecified atom stereocenters. The van der Waals surface area contributed by atoms with Crippen molar-refractivity contribution < 1.29 is 4.79 Å². The van der Waals surface area contributed by atoms with Gasteiger partial charge < -0.3 is 15.2 Å². The lowest BCUT2D eigenvalue weighted by Gasteiger charge is -2.07. The molecule has 114 valence electrons. The van der Waals surface area contributed by atoms with Crippen LogP contribution in [-0.4, -0.2) is 36.3 Å². The molecule has 0 fully saturated rings. The number of nitrogens with one attached hydrogen (secondary N) is 2. The number of rotatable bonds is 5. The summed E-state index contributed by atoms with van der Waals surface area (Å²) in [6.45, 7) is 4.90. The van der Waals surface area contributed by atoms with Crippen LogP contribution in [0.15, 0.2) is 30.0 Å². The predicted octanol–water partition coefficient (Wildman–Crippen LogP) is 3.06. The number of nitriles is 1. The van der Waals surface area contributed by atoms with Gasteiger partial charge in [-0.1, -0.05) is 0 Å². The highest BCUT2D eigenvalue weighted by molar-refractivity contribution is 6.12. The molecule has 0 aliphatic heterocycles. The molecule has 5 nitrogen and oxygen atoms in total. The van der Waals surface area contributed by atoms with Crippen molar-refractivity contribution in [3.63, 3.8) is 0 Å². The van der Waals surface area contributed by atoms with Crippen LogP contribution in [-0.2, 0) is 0 Å². The fraction of sp³-hybridized carbons (Fsp3) is 0.294. The number of carbonyl (C=O) groups excluding carboxylic acids is 1. The molecular formula is C17H20N4O. The third kappa shape index (κ3) is 3.12. The maximum absolute atomic E-state index is 12.4. The van der Waals surface area contributed by atoms with E-state index in [-0.39, 0.29) is 11.4 Å². The molecule has 1 aromatic carbocycles. The maximum Gasteiger partial charge on any atom is 0.221 e. The standard InChI is InChI=1S/C17H20N4O/c1-5-19-14-8-15-12(6-11(14)2)7-16(20-15)17(22)13(9-18)10-21(3)4/h6-8,10,19-20H,5H2,1-4H3/b13-10+. The SMILES string of the molecule is CCNc1cc2[nH]c(C(=O)/C(C#N)=C/N(C)C)cc2cc1C. The molecule has 0 saturated carbocycles. The van der Waals surface area contributed by atoms with Crippen LogP contribution >= 0.6 is 0 Å². The molecule has 0 aliphatic rings. The molecule has 0 bridgehead atoms. The van der Waals surface area contributed by atoms with E-state index < -0.39 is 0 Å². The Morgan fingerprint density at radius 1 is 1.41 bits per heavy atom. The van der Waals surface area contributed by atoms with Gasteiger partial charge in [-0.2, -0.15) is 5.26 Å². The van der Waals surface area contributed by atoms with E-state index in [4.69, 9.17) is 5.26 Å². The van der Waals surface area contributed by atoms with Gasteiger partial charge in [0.05, 0.1) is 5.69 Å². The van der Waals surface area contributed by atoms with Gasteiger partial charge in [-0.05, 0) is 37.6 Å². The van der Waals surface area contributed by atoms with Crippen molar-refractivity contribution in [3.05, 3.63) is 41.2 Å². The van der Waals surface area contributed by atoms with Gasteiger partial charge >= 0.3 is 0 Å². The number of aryl methyl sites for hydroxylation is 1. The minimum absolute atomic E-state index is 0.111. The fourth-order valence-electron chi connectivity index (χ4n) is 2.34. The third-order valence-electron chi connectivity index (χ3n) is 3.33. The fourth-order valence-corrected chi connectivity index (χ4v) is 2.34. The largest absolute Gasteiger partial charge is 0.385 e. The smallest absolute Gasteiger partial charge is 0.221 e. The van der Waals surface area contributed by atoms with Crippen LogP contribution in [0.3, 0.4) is 0 Å². The molecule has 1 heterocycles. The Hall–Kier alpha value is -2.74. The summed E-state index contributed by atoms with van der Waals surface area (Å²) >= 11 is 0. The van der Waals surface area contributed by atoms with Gasteiger partial charge in [-0.25, -0.2) is 0 Å². The summed E-state index contributed by atoms with van der Waals surface area (Å²) in [6, 6.07) is 7.77. The number of ketones is 1. The highest BCUT2D eigenvalue weighted by Crippen LogP contribution is 2.25. The number of aromatic amines is 1. The second-order valence-corrected chi connectivity index (χ2v) is 5.42. The number of benzene rings is 1. The van der Waals surface area contributed by atoms with E-state index in [2.05, 4.69) is 10.3 Å². The van der Waals surface area contributed by atoms with Gasteiger partial charge in [0.1, 0.15) is 11.6 Å². The Bertz CT molecular complexity index is 778.